The van der Waals surface area contributed by atoms with Crippen LogP contribution in [0.5, 0.6) is 0 Å². The van der Waals surface area contributed by atoms with Crippen molar-refractivity contribution in [1.29, 1.82) is 0 Å². The SMILES string of the molecule is Cc1csc(C(=O)O)c1NC(=O)Cc1ccc(F)c(F)c1. The zero-order valence-corrected chi connectivity index (χ0v) is 11.8. The Balaban J connectivity index is 2.13. The highest BCUT2D eigenvalue weighted by Crippen LogP contribution is 2.27. The van der Waals surface area contributed by atoms with Crippen molar-refractivity contribution in [2.45, 2.75) is 13.3 Å². The number of hydrogen-bond acceptors (Lipinski definition) is 3. The van der Waals surface area contributed by atoms with Crippen molar-refractivity contribution in [1.82, 2.24) is 0 Å². The van der Waals surface area contributed by atoms with Crippen LogP contribution in [0, 0.1) is 18.6 Å². The van der Waals surface area contributed by atoms with Gasteiger partial charge in [0, 0.05) is 0 Å². The van der Waals surface area contributed by atoms with Crippen LogP contribution in [0.3, 0.4) is 0 Å². The van der Waals surface area contributed by atoms with Crippen LogP contribution in [0.4, 0.5) is 14.5 Å². The number of aryl methyl sites for hydroxylation is 1. The number of nitrogens with one attached hydrogen (secondary N) is 1. The van der Waals surface area contributed by atoms with Gasteiger partial charge in [0.15, 0.2) is 11.6 Å². The molecule has 2 rings (SSSR count). The fraction of sp³-hybridized carbons (Fsp3) is 0.143. The van der Waals surface area contributed by atoms with Gasteiger partial charge in [-0.2, -0.15) is 0 Å². The minimum atomic E-state index is -1.13. The zero-order valence-electron chi connectivity index (χ0n) is 10.9. The third-order valence-electron chi connectivity index (χ3n) is 2.78. The summed E-state index contributed by atoms with van der Waals surface area (Å²) < 4.78 is 25.9. The van der Waals surface area contributed by atoms with E-state index >= 15 is 0 Å². The second-order valence-corrected chi connectivity index (χ2v) is 5.28. The topological polar surface area (TPSA) is 66.4 Å². The second-order valence-electron chi connectivity index (χ2n) is 4.40. The molecule has 2 N–H and O–H groups in total. The molecule has 0 aliphatic heterocycles. The molecular formula is C14H11F2NO3S. The average molecular weight is 311 g/mol. The Morgan fingerprint density at radius 3 is 2.62 bits per heavy atom. The number of amides is 1. The number of hydrogen-bond donors (Lipinski definition) is 2. The highest BCUT2D eigenvalue weighted by molar-refractivity contribution is 7.12. The van der Waals surface area contributed by atoms with Crippen molar-refractivity contribution in [2.75, 3.05) is 5.32 Å². The Labute approximate surface area is 123 Å². The van der Waals surface area contributed by atoms with Gasteiger partial charge in [0.2, 0.25) is 5.91 Å². The lowest BCUT2D eigenvalue weighted by atomic mass is 10.1. The molecule has 110 valence electrons. The molecule has 0 spiro atoms. The smallest absolute Gasteiger partial charge is 0.348 e. The number of thiophene rings is 1. The van der Waals surface area contributed by atoms with E-state index in [-0.39, 0.29) is 17.0 Å². The van der Waals surface area contributed by atoms with Crippen molar-refractivity contribution in [3.63, 3.8) is 0 Å². The Hall–Kier alpha value is -2.28. The summed E-state index contributed by atoms with van der Waals surface area (Å²) in [6.07, 6.45) is -0.175. The van der Waals surface area contributed by atoms with E-state index in [1.807, 2.05) is 0 Å². The number of carbonyl (C=O) groups excluding carboxylic acids is 1. The number of rotatable bonds is 4. The van der Waals surface area contributed by atoms with Crippen molar-refractivity contribution in [3.8, 4) is 0 Å². The molecule has 0 radical (unpaired) electrons. The molecule has 0 aliphatic rings. The Morgan fingerprint density at radius 2 is 2.00 bits per heavy atom. The minimum Gasteiger partial charge on any atom is -0.477 e. The molecule has 2 aromatic rings. The third kappa shape index (κ3) is 3.43. The van der Waals surface area contributed by atoms with Gasteiger partial charge in [-0.05, 0) is 35.6 Å². The normalized spacial score (nSPS) is 10.4. The molecule has 1 heterocycles. The molecule has 0 unspecified atom stereocenters. The fourth-order valence-corrected chi connectivity index (χ4v) is 2.62. The number of carboxylic acids is 1. The van der Waals surface area contributed by atoms with E-state index in [0.29, 0.717) is 11.1 Å². The number of carboxylic acid groups (broad SMARTS) is 1. The lowest BCUT2D eigenvalue weighted by molar-refractivity contribution is -0.115. The first kappa shape index (κ1) is 15.1. The highest BCUT2D eigenvalue weighted by Gasteiger charge is 2.17. The molecular weight excluding hydrogens is 300 g/mol. The van der Waals surface area contributed by atoms with Crippen molar-refractivity contribution in [2.24, 2.45) is 0 Å². The Morgan fingerprint density at radius 1 is 1.29 bits per heavy atom. The van der Waals surface area contributed by atoms with Gasteiger partial charge in [0.25, 0.3) is 0 Å². The molecule has 21 heavy (non-hydrogen) atoms. The summed E-state index contributed by atoms with van der Waals surface area (Å²) in [5.74, 6) is -3.64. The summed E-state index contributed by atoms with van der Waals surface area (Å²) in [5, 5.41) is 13.1. The van der Waals surface area contributed by atoms with Gasteiger partial charge in [0.05, 0.1) is 12.1 Å². The van der Waals surface area contributed by atoms with Crippen LogP contribution >= 0.6 is 11.3 Å². The van der Waals surface area contributed by atoms with Gasteiger partial charge in [0.1, 0.15) is 4.88 Å². The van der Waals surface area contributed by atoms with Gasteiger partial charge in [-0.3, -0.25) is 4.79 Å². The highest BCUT2D eigenvalue weighted by atomic mass is 32.1. The molecule has 1 aromatic carbocycles. The largest absolute Gasteiger partial charge is 0.477 e. The summed E-state index contributed by atoms with van der Waals surface area (Å²) in [7, 11) is 0. The molecule has 0 fully saturated rings. The first-order valence-corrected chi connectivity index (χ1v) is 6.81. The predicted molar refractivity (Wildman–Crippen MR) is 74.7 cm³/mol. The van der Waals surface area contributed by atoms with Crippen LogP contribution in [0.25, 0.3) is 0 Å². The molecule has 0 saturated carbocycles. The van der Waals surface area contributed by atoms with Crippen LogP contribution in [-0.4, -0.2) is 17.0 Å². The van der Waals surface area contributed by atoms with E-state index < -0.39 is 23.5 Å². The lowest BCUT2D eigenvalue weighted by Gasteiger charge is -2.07. The van der Waals surface area contributed by atoms with Crippen LogP contribution in [0.15, 0.2) is 23.6 Å². The van der Waals surface area contributed by atoms with Gasteiger partial charge in [-0.1, -0.05) is 6.07 Å². The predicted octanol–water partition coefficient (Wildman–Crippen LogP) is 3.21. The van der Waals surface area contributed by atoms with Crippen molar-refractivity contribution < 1.29 is 23.5 Å². The van der Waals surface area contributed by atoms with Crippen LogP contribution in [0.1, 0.15) is 20.8 Å². The van der Waals surface area contributed by atoms with Crippen LogP contribution in [0.2, 0.25) is 0 Å². The third-order valence-corrected chi connectivity index (χ3v) is 3.87. The average Bonchev–Trinajstić information content (AvgIpc) is 2.76. The molecule has 1 aromatic heterocycles. The molecule has 7 heteroatoms. The molecule has 0 atom stereocenters. The maximum atomic E-state index is 13.1. The molecule has 4 nitrogen and oxygen atoms in total. The van der Waals surface area contributed by atoms with E-state index in [1.165, 1.54) is 6.07 Å². The van der Waals surface area contributed by atoms with E-state index in [2.05, 4.69) is 5.32 Å². The van der Waals surface area contributed by atoms with Crippen molar-refractivity contribution >= 4 is 28.9 Å². The minimum absolute atomic E-state index is 0.0335. The number of halogens is 2. The van der Waals surface area contributed by atoms with Gasteiger partial charge < -0.3 is 10.4 Å². The Bertz CT molecular complexity index is 712. The first-order valence-electron chi connectivity index (χ1n) is 5.93. The summed E-state index contributed by atoms with van der Waals surface area (Å²) in [6.45, 7) is 1.68. The standard InChI is InChI=1S/C14H11F2NO3S/c1-7-6-21-13(14(19)20)12(7)17-11(18)5-8-2-3-9(15)10(16)4-8/h2-4,6H,5H2,1H3,(H,17,18)(H,19,20). The summed E-state index contributed by atoms with van der Waals surface area (Å²) in [5.41, 5.74) is 1.17. The summed E-state index contributed by atoms with van der Waals surface area (Å²) >= 11 is 1.01. The molecule has 0 saturated heterocycles. The van der Waals surface area contributed by atoms with E-state index in [0.717, 1.165) is 23.5 Å². The Kier molecular flexibility index (Phi) is 4.32. The van der Waals surface area contributed by atoms with Crippen LogP contribution < -0.4 is 5.32 Å². The number of aromatic carboxylic acids is 1. The van der Waals surface area contributed by atoms with Crippen LogP contribution in [-0.2, 0) is 11.2 Å². The van der Waals surface area contributed by atoms with E-state index in [1.54, 1.807) is 12.3 Å². The number of anilines is 1. The number of carbonyl (C=O) groups is 2. The summed E-state index contributed by atoms with van der Waals surface area (Å²) in [4.78, 5) is 22.9. The quantitative estimate of drug-likeness (QED) is 0.911. The van der Waals surface area contributed by atoms with E-state index in [9.17, 15) is 18.4 Å². The van der Waals surface area contributed by atoms with Crippen molar-refractivity contribution in [3.05, 3.63) is 51.2 Å². The summed E-state index contributed by atoms with van der Waals surface area (Å²) in [6, 6.07) is 3.18. The number of benzene rings is 1. The fourth-order valence-electron chi connectivity index (χ4n) is 1.78. The maximum Gasteiger partial charge on any atom is 0.348 e. The second kappa shape index (κ2) is 6.01. The van der Waals surface area contributed by atoms with Gasteiger partial charge in [-0.15, -0.1) is 11.3 Å². The monoisotopic (exact) mass is 311 g/mol. The zero-order chi connectivity index (χ0) is 15.6. The van der Waals surface area contributed by atoms with Gasteiger partial charge in [-0.25, -0.2) is 13.6 Å². The van der Waals surface area contributed by atoms with E-state index in [4.69, 9.17) is 5.11 Å². The lowest BCUT2D eigenvalue weighted by Crippen LogP contribution is -2.16. The molecule has 0 bridgehead atoms. The maximum absolute atomic E-state index is 13.1. The van der Waals surface area contributed by atoms with Gasteiger partial charge >= 0.3 is 5.97 Å². The molecule has 1 amide bonds. The molecule has 0 aliphatic carbocycles. The first-order chi connectivity index (χ1) is 9.88.